The zero-order valence-corrected chi connectivity index (χ0v) is 15.5. The number of nitrogens with one attached hydrogen (secondary N) is 1. The summed E-state index contributed by atoms with van der Waals surface area (Å²) in [7, 11) is 4.18. The summed E-state index contributed by atoms with van der Waals surface area (Å²) in [6.07, 6.45) is 1.79. The average molecular weight is 321 g/mol. The number of imidazole rings is 1. The second-order valence-corrected chi connectivity index (χ2v) is 7.19. The van der Waals surface area contributed by atoms with E-state index in [0.29, 0.717) is 11.8 Å². The highest BCUT2D eigenvalue weighted by Gasteiger charge is 2.16. The van der Waals surface area contributed by atoms with Gasteiger partial charge in [-0.2, -0.15) is 0 Å². The quantitative estimate of drug-likeness (QED) is 0.715. The molecule has 0 aliphatic carbocycles. The minimum atomic E-state index is 0.303. The summed E-state index contributed by atoms with van der Waals surface area (Å²) >= 11 is 0. The summed E-state index contributed by atoms with van der Waals surface area (Å²) in [5.74, 6) is 0.796. The molecule has 0 spiro atoms. The van der Waals surface area contributed by atoms with Gasteiger partial charge in [0, 0.05) is 31.4 Å². The van der Waals surface area contributed by atoms with Gasteiger partial charge in [0.1, 0.15) is 0 Å². The zero-order valence-electron chi connectivity index (χ0n) is 15.5. The first-order chi connectivity index (χ1) is 11.4. The van der Waals surface area contributed by atoms with Gasteiger partial charge in [0.05, 0.1) is 12.0 Å². The molecule has 24 heavy (non-hydrogen) atoms. The Morgan fingerprint density at radius 2 is 1.79 bits per heavy atom. The van der Waals surface area contributed by atoms with Crippen molar-refractivity contribution >= 4 is 16.5 Å². The van der Waals surface area contributed by atoms with E-state index < -0.39 is 0 Å². The van der Waals surface area contributed by atoms with E-state index in [-0.39, 0.29) is 0 Å². The molecule has 0 aliphatic rings. The molecule has 0 radical (unpaired) electrons. The summed E-state index contributed by atoms with van der Waals surface area (Å²) in [6.45, 7) is 8.85. The molecule has 0 aliphatic heterocycles. The Balaban J connectivity index is 2.19. The standard InChI is InChI=1S/C21H27N3/c1-13(2)20-11-16(14(3)21-15(4)22-12-23-21)9-17-10-18(24(5)6)7-8-19(17)20/h7-14H,1-6H3,(H,22,23)/t14-/m0/s1. The molecular weight excluding hydrogens is 294 g/mol. The van der Waals surface area contributed by atoms with Gasteiger partial charge >= 0.3 is 0 Å². The molecule has 1 aromatic heterocycles. The maximum atomic E-state index is 4.36. The fraction of sp³-hybridized carbons (Fsp3) is 0.381. The van der Waals surface area contributed by atoms with Gasteiger partial charge in [-0.3, -0.25) is 0 Å². The Bertz CT molecular complexity index is 859. The summed E-state index contributed by atoms with van der Waals surface area (Å²) in [4.78, 5) is 9.83. The van der Waals surface area contributed by atoms with Crippen LogP contribution in [-0.4, -0.2) is 24.1 Å². The molecule has 0 fully saturated rings. The number of hydrogen-bond acceptors (Lipinski definition) is 2. The Morgan fingerprint density at radius 3 is 2.38 bits per heavy atom. The Labute approximate surface area is 144 Å². The lowest BCUT2D eigenvalue weighted by Crippen LogP contribution is -2.08. The van der Waals surface area contributed by atoms with Gasteiger partial charge in [0.25, 0.3) is 0 Å². The normalized spacial score (nSPS) is 12.8. The third kappa shape index (κ3) is 2.91. The lowest BCUT2D eigenvalue weighted by atomic mass is 9.88. The largest absolute Gasteiger partial charge is 0.378 e. The fourth-order valence-electron chi connectivity index (χ4n) is 3.39. The number of aromatic nitrogens is 2. The Morgan fingerprint density at radius 1 is 1.04 bits per heavy atom. The van der Waals surface area contributed by atoms with Gasteiger partial charge in [-0.15, -0.1) is 0 Å². The van der Waals surface area contributed by atoms with E-state index >= 15 is 0 Å². The third-order valence-electron chi connectivity index (χ3n) is 4.93. The molecule has 3 rings (SSSR count). The lowest BCUT2D eigenvalue weighted by Gasteiger charge is -2.19. The molecule has 0 unspecified atom stereocenters. The fourth-order valence-corrected chi connectivity index (χ4v) is 3.39. The molecule has 0 saturated carbocycles. The highest BCUT2D eigenvalue weighted by molar-refractivity contribution is 5.90. The highest BCUT2D eigenvalue weighted by atomic mass is 15.1. The summed E-state index contributed by atoms with van der Waals surface area (Å²) in [5, 5.41) is 2.67. The van der Waals surface area contributed by atoms with E-state index in [1.165, 1.54) is 33.3 Å². The minimum Gasteiger partial charge on any atom is -0.378 e. The molecule has 3 heteroatoms. The van der Waals surface area contributed by atoms with Crippen molar-refractivity contribution in [1.82, 2.24) is 9.97 Å². The number of anilines is 1. The van der Waals surface area contributed by atoms with Gasteiger partial charge in [-0.25, -0.2) is 4.98 Å². The number of benzene rings is 2. The molecular formula is C21H27N3. The van der Waals surface area contributed by atoms with Crippen molar-refractivity contribution in [3.63, 3.8) is 0 Å². The second kappa shape index (κ2) is 6.31. The van der Waals surface area contributed by atoms with Gasteiger partial charge in [-0.05, 0) is 46.9 Å². The van der Waals surface area contributed by atoms with Crippen molar-refractivity contribution in [3.05, 3.63) is 59.2 Å². The van der Waals surface area contributed by atoms with Crippen LogP contribution in [0.1, 0.15) is 55.1 Å². The number of H-pyrrole nitrogens is 1. The molecule has 0 saturated heterocycles. The van der Waals surface area contributed by atoms with Crippen molar-refractivity contribution < 1.29 is 0 Å². The van der Waals surface area contributed by atoms with E-state index in [2.05, 4.69) is 87.0 Å². The van der Waals surface area contributed by atoms with Crippen molar-refractivity contribution in [2.75, 3.05) is 19.0 Å². The van der Waals surface area contributed by atoms with Gasteiger partial charge in [0.15, 0.2) is 0 Å². The monoisotopic (exact) mass is 321 g/mol. The molecule has 1 heterocycles. The van der Waals surface area contributed by atoms with Crippen LogP contribution >= 0.6 is 0 Å². The molecule has 126 valence electrons. The lowest BCUT2D eigenvalue weighted by molar-refractivity contribution is 0.846. The maximum Gasteiger partial charge on any atom is 0.0925 e. The van der Waals surface area contributed by atoms with E-state index in [9.17, 15) is 0 Å². The van der Waals surface area contributed by atoms with Gasteiger partial charge in [0.2, 0.25) is 0 Å². The van der Waals surface area contributed by atoms with Crippen LogP contribution in [0.3, 0.4) is 0 Å². The van der Waals surface area contributed by atoms with Gasteiger partial charge in [-0.1, -0.05) is 39.0 Å². The molecule has 3 nitrogen and oxygen atoms in total. The summed E-state index contributed by atoms with van der Waals surface area (Å²) in [6, 6.07) is 11.5. The van der Waals surface area contributed by atoms with E-state index in [1.807, 2.05) is 0 Å². The molecule has 2 aromatic carbocycles. The van der Waals surface area contributed by atoms with E-state index in [0.717, 1.165) is 5.69 Å². The third-order valence-corrected chi connectivity index (χ3v) is 4.93. The first-order valence-electron chi connectivity index (χ1n) is 8.63. The summed E-state index contributed by atoms with van der Waals surface area (Å²) < 4.78 is 0. The van der Waals surface area contributed by atoms with Crippen LogP contribution in [0.2, 0.25) is 0 Å². The van der Waals surface area contributed by atoms with Crippen LogP contribution in [0, 0.1) is 6.92 Å². The first kappa shape index (κ1) is 16.6. The predicted molar refractivity (Wildman–Crippen MR) is 103 cm³/mol. The van der Waals surface area contributed by atoms with E-state index in [1.54, 1.807) is 6.33 Å². The Hall–Kier alpha value is -2.29. The smallest absolute Gasteiger partial charge is 0.0925 e. The molecule has 1 atom stereocenters. The molecule has 1 N–H and O–H groups in total. The van der Waals surface area contributed by atoms with Crippen molar-refractivity contribution in [3.8, 4) is 0 Å². The Kier molecular flexibility index (Phi) is 4.35. The predicted octanol–water partition coefficient (Wildman–Crippen LogP) is 5.21. The zero-order chi connectivity index (χ0) is 17.4. The first-order valence-corrected chi connectivity index (χ1v) is 8.63. The van der Waals surface area contributed by atoms with Crippen LogP contribution in [0.25, 0.3) is 10.8 Å². The topological polar surface area (TPSA) is 31.9 Å². The van der Waals surface area contributed by atoms with Crippen molar-refractivity contribution in [1.29, 1.82) is 0 Å². The average Bonchev–Trinajstić information content (AvgIpc) is 2.98. The number of nitrogens with zero attached hydrogens (tertiary/aromatic N) is 2. The van der Waals surface area contributed by atoms with Crippen molar-refractivity contribution in [2.45, 2.75) is 39.5 Å². The number of aromatic amines is 1. The number of hydrogen-bond donors (Lipinski definition) is 1. The second-order valence-electron chi connectivity index (χ2n) is 7.19. The highest BCUT2D eigenvalue weighted by Crippen LogP contribution is 2.34. The number of rotatable bonds is 4. The number of aryl methyl sites for hydroxylation is 1. The van der Waals surface area contributed by atoms with Crippen LogP contribution in [-0.2, 0) is 0 Å². The SMILES string of the molecule is Cc1nc[nH]c1[C@@H](C)c1cc(C(C)C)c2ccc(N(C)C)cc2c1. The van der Waals surface area contributed by atoms with Gasteiger partial charge < -0.3 is 9.88 Å². The van der Waals surface area contributed by atoms with E-state index in [4.69, 9.17) is 0 Å². The number of fused-ring (bicyclic) bond motifs is 1. The van der Waals surface area contributed by atoms with Crippen LogP contribution < -0.4 is 4.90 Å². The molecule has 3 aromatic rings. The molecule has 0 bridgehead atoms. The minimum absolute atomic E-state index is 0.303. The van der Waals surface area contributed by atoms with Crippen LogP contribution in [0.5, 0.6) is 0 Å². The van der Waals surface area contributed by atoms with Crippen LogP contribution in [0.15, 0.2) is 36.7 Å². The van der Waals surface area contributed by atoms with Crippen molar-refractivity contribution in [2.24, 2.45) is 0 Å². The maximum absolute atomic E-state index is 4.36. The summed E-state index contributed by atoms with van der Waals surface area (Å²) in [5.41, 5.74) is 6.27. The molecule has 0 amide bonds. The van der Waals surface area contributed by atoms with Crippen LogP contribution in [0.4, 0.5) is 5.69 Å².